The van der Waals surface area contributed by atoms with E-state index in [9.17, 15) is 4.79 Å². The van der Waals surface area contributed by atoms with Crippen LogP contribution in [0.3, 0.4) is 0 Å². The minimum absolute atomic E-state index is 0.0979. The van der Waals surface area contributed by atoms with Crippen molar-refractivity contribution in [2.24, 2.45) is 5.92 Å². The second kappa shape index (κ2) is 9.25. The molecule has 3 aromatic carbocycles. The van der Waals surface area contributed by atoms with Gasteiger partial charge in [-0.15, -0.1) is 0 Å². The molecule has 1 atom stereocenters. The Balaban J connectivity index is 1.39. The molecule has 0 spiro atoms. The summed E-state index contributed by atoms with van der Waals surface area (Å²) in [7, 11) is 0. The summed E-state index contributed by atoms with van der Waals surface area (Å²) in [5, 5.41) is 0.577. The molecule has 0 saturated carbocycles. The molecule has 166 valence electrons. The molecule has 33 heavy (non-hydrogen) atoms. The highest BCUT2D eigenvalue weighted by molar-refractivity contribution is 7.15. The number of aromatic nitrogens is 2. The van der Waals surface area contributed by atoms with E-state index in [0.717, 1.165) is 22.3 Å². The Morgan fingerprint density at radius 3 is 2.64 bits per heavy atom. The zero-order chi connectivity index (χ0) is 22.8. The topological polar surface area (TPSA) is 52.8 Å². The van der Waals surface area contributed by atoms with Gasteiger partial charge < -0.3 is 9.47 Å². The third kappa shape index (κ3) is 4.58. The van der Waals surface area contributed by atoms with Gasteiger partial charge in [-0.25, -0.2) is 9.38 Å². The van der Waals surface area contributed by atoms with Gasteiger partial charge in [0.15, 0.2) is 4.96 Å². The fraction of sp³-hybridized carbons (Fsp3) is 0.154. The van der Waals surface area contributed by atoms with Crippen molar-refractivity contribution in [3.05, 3.63) is 98.3 Å². The Bertz CT molecular complexity index is 1530. The zero-order valence-electron chi connectivity index (χ0n) is 17.9. The first-order valence-corrected chi connectivity index (χ1v) is 11.8. The van der Waals surface area contributed by atoms with Crippen LogP contribution in [0.2, 0.25) is 5.02 Å². The highest BCUT2D eigenvalue weighted by Crippen LogP contribution is 2.25. The molecule has 0 aliphatic carbocycles. The molecular formula is C26H21ClN2O3S. The number of thiazole rings is 1. The zero-order valence-corrected chi connectivity index (χ0v) is 19.5. The molecule has 0 fully saturated rings. The minimum atomic E-state index is -0.0979. The number of benzene rings is 3. The van der Waals surface area contributed by atoms with Crippen LogP contribution in [0.25, 0.3) is 22.1 Å². The summed E-state index contributed by atoms with van der Waals surface area (Å²) in [5.74, 6) is 1.67. The van der Waals surface area contributed by atoms with Crippen molar-refractivity contribution in [1.29, 1.82) is 0 Å². The molecule has 5 nitrogen and oxygen atoms in total. The van der Waals surface area contributed by atoms with Gasteiger partial charge in [-0.1, -0.05) is 60.2 Å². The van der Waals surface area contributed by atoms with Crippen LogP contribution in [-0.4, -0.2) is 22.6 Å². The molecule has 2 heterocycles. The molecular weight excluding hydrogens is 456 g/mol. The first-order valence-electron chi connectivity index (χ1n) is 10.6. The monoisotopic (exact) mass is 476 g/mol. The van der Waals surface area contributed by atoms with Crippen LogP contribution >= 0.6 is 22.9 Å². The number of para-hydroxylation sites is 3. The number of hydrogen-bond donors (Lipinski definition) is 0. The maximum absolute atomic E-state index is 13.1. The van der Waals surface area contributed by atoms with Gasteiger partial charge in [-0.05, 0) is 48.5 Å². The van der Waals surface area contributed by atoms with E-state index in [1.807, 2.05) is 72.8 Å². The molecule has 0 bridgehead atoms. The lowest BCUT2D eigenvalue weighted by atomic mass is 10.2. The molecule has 5 rings (SSSR count). The third-order valence-electron chi connectivity index (χ3n) is 5.20. The van der Waals surface area contributed by atoms with Crippen LogP contribution in [0.1, 0.15) is 12.5 Å². The second-order valence-electron chi connectivity index (χ2n) is 7.86. The molecule has 2 aromatic heterocycles. The van der Waals surface area contributed by atoms with E-state index in [4.69, 9.17) is 21.1 Å². The smallest absolute Gasteiger partial charge is 0.274 e. The minimum Gasteiger partial charge on any atom is -0.493 e. The SMILES string of the molecule is CC(COc1ccccc1)COc1ccc(Cl)cc1C=c1sc2nc3ccccc3n2c1=O. The van der Waals surface area contributed by atoms with Crippen LogP contribution in [-0.2, 0) is 0 Å². The summed E-state index contributed by atoms with van der Waals surface area (Å²) in [6, 6.07) is 22.8. The van der Waals surface area contributed by atoms with E-state index in [2.05, 4.69) is 11.9 Å². The maximum Gasteiger partial charge on any atom is 0.274 e. The fourth-order valence-corrected chi connectivity index (χ4v) is 4.71. The molecule has 0 saturated heterocycles. The van der Waals surface area contributed by atoms with E-state index in [0.29, 0.717) is 33.5 Å². The highest BCUT2D eigenvalue weighted by Gasteiger charge is 2.12. The number of rotatable bonds is 7. The number of ether oxygens (including phenoxy) is 2. The number of imidazole rings is 1. The van der Waals surface area contributed by atoms with E-state index < -0.39 is 0 Å². The normalized spacial score (nSPS) is 13.0. The Morgan fingerprint density at radius 1 is 1.03 bits per heavy atom. The Kier molecular flexibility index (Phi) is 6.03. The lowest BCUT2D eigenvalue weighted by molar-refractivity contribution is 0.188. The van der Waals surface area contributed by atoms with Gasteiger partial charge in [0.25, 0.3) is 5.56 Å². The number of halogens is 1. The van der Waals surface area contributed by atoms with Crippen LogP contribution < -0.4 is 19.6 Å². The summed E-state index contributed by atoms with van der Waals surface area (Å²) in [5.41, 5.74) is 2.28. The lowest BCUT2D eigenvalue weighted by Gasteiger charge is -2.15. The van der Waals surface area contributed by atoms with Gasteiger partial charge in [0.05, 0.1) is 28.8 Å². The van der Waals surface area contributed by atoms with Crippen molar-refractivity contribution in [1.82, 2.24) is 9.38 Å². The van der Waals surface area contributed by atoms with Gasteiger partial charge in [0.1, 0.15) is 11.5 Å². The molecule has 0 aliphatic rings. The van der Waals surface area contributed by atoms with Crippen LogP contribution in [0.4, 0.5) is 0 Å². The Hall–Kier alpha value is -3.35. The van der Waals surface area contributed by atoms with Gasteiger partial charge in [0, 0.05) is 16.5 Å². The highest BCUT2D eigenvalue weighted by atomic mass is 35.5. The van der Waals surface area contributed by atoms with Crippen LogP contribution in [0.15, 0.2) is 77.6 Å². The summed E-state index contributed by atoms with van der Waals surface area (Å²) < 4.78 is 14.1. The van der Waals surface area contributed by atoms with Crippen molar-refractivity contribution in [2.75, 3.05) is 13.2 Å². The molecule has 0 radical (unpaired) electrons. The molecule has 0 N–H and O–H groups in total. The standard InChI is InChI=1S/C26H21ClN2O3S/c1-17(15-31-20-7-3-2-4-8-20)16-32-23-12-11-19(27)13-18(23)14-24-25(30)29-22-10-6-5-9-21(22)28-26(29)33-24/h2-14,17H,15-16H2,1H3. The third-order valence-corrected chi connectivity index (χ3v) is 6.41. The Morgan fingerprint density at radius 2 is 1.79 bits per heavy atom. The van der Waals surface area contributed by atoms with Gasteiger partial charge in [0.2, 0.25) is 0 Å². The molecule has 7 heteroatoms. The first kappa shape index (κ1) is 21.5. The van der Waals surface area contributed by atoms with Gasteiger partial charge in [-0.2, -0.15) is 0 Å². The van der Waals surface area contributed by atoms with E-state index in [1.165, 1.54) is 11.3 Å². The summed E-state index contributed by atoms with van der Waals surface area (Å²) in [6.45, 7) is 3.08. The van der Waals surface area contributed by atoms with Crippen molar-refractivity contribution < 1.29 is 9.47 Å². The van der Waals surface area contributed by atoms with Crippen LogP contribution in [0, 0.1) is 5.92 Å². The van der Waals surface area contributed by atoms with Crippen molar-refractivity contribution >= 4 is 45.0 Å². The molecule has 5 aromatic rings. The van der Waals surface area contributed by atoms with Gasteiger partial charge in [-0.3, -0.25) is 4.79 Å². The first-order chi connectivity index (χ1) is 16.1. The van der Waals surface area contributed by atoms with Crippen molar-refractivity contribution in [3.8, 4) is 11.5 Å². The number of hydrogen-bond acceptors (Lipinski definition) is 5. The molecule has 0 aliphatic heterocycles. The quantitative estimate of drug-likeness (QED) is 0.324. The predicted molar refractivity (Wildman–Crippen MR) is 134 cm³/mol. The fourth-order valence-electron chi connectivity index (χ4n) is 3.55. The second-order valence-corrected chi connectivity index (χ2v) is 9.30. The van der Waals surface area contributed by atoms with Crippen LogP contribution in [0.5, 0.6) is 11.5 Å². The average Bonchev–Trinajstić information content (AvgIpc) is 3.34. The Labute approximate surface area is 199 Å². The molecule has 1 unspecified atom stereocenters. The molecule has 0 amide bonds. The van der Waals surface area contributed by atoms with Crippen molar-refractivity contribution in [2.45, 2.75) is 6.92 Å². The van der Waals surface area contributed by atoms with E-state index in [1.54, 1.807) is 10.5 Å². The predicted octanol–water partition coefficient (Wildman–Crippen LogP) is 5.20. The van der Waals surface area contributed by atoms with Crippen molar-refractivity contribution in [3.63, 3.8) is 0 Å². The summed E-state index contributed by atoms with van der Waals surface area (Å²) >= 11 is 7.61. The maximum atomic E-state index is 13.1. The van der Waals surface area contributed by atoms with E-state index >= 15 is 0 Å². The number of nitrogens with zero attached hydrogens (tertiary/aromatic N) is 2. The van der Waals surface area contributed by atoms with E-state index in [-0.39, 0.29) is 11.5 Å². The summed E-state index contributed by atoms with van der Waals surface area (Å²) in [4.78, 5) is 18.3. The van der Waals surface area contributed by atoms with Gasteiger partial charge >= 0.3 is 0 Å². The summed E-state index contributed by atoms with van der Waals surface area (Å²) in [6.07, 6.45) is 1.82. The number of fused-ring (bicyclic) bond motifs is 3. The lowest BCUT2D eigenvalue weighted by Crippen LogP contribution is -2.23. The average molecular weight is 477 g/mol. The largest absolute Gasteiger partial charge is 0.493 e.